The number of ether oxygens (including phenoxy) is 5. The molecule has 4 unspecified atom stereocenters. The molecule has 2 N–H and O–H groups in total. The summed E-state index contributed by atoms with van der Waals surface area (Å²) in [5, 5.41) is 12.9. The number of hydrogen-bond acceptors (Lipinski definition) is 9. The van der Waals surface area contributed by atoms with Crippen molar-refractivity contribution < 1.29 is 38.4 Å². The molecule has 1 amide bonds. The summed E-state index contributed by atoms with van der Waals surface area (Å²) < 4.78 is 28.6. The standard InChI is InChI=1S/C30H34N2O8/c1-20-23(15-21-9-5-3-6-10-21)26(39-19-38-16-22-11-7-4-8-12-22)18-37-17-24(30(35)40-20)32-29(34)27-28(33)25(36-2)13-14-31-27/h3-14,20,23-24,26,33H,15-19H2,1-2H3,(H,32,34). The molecule has 3 aromatic rings. The molecular formula is C30H34N2O8. The van der Waals surface area contributed by atoms with Gasteiger partial charge in [0.1, 0.15) is 12.9 Å². The number of carbonyl (C=O) groups excluding carboxylic acids is 2. The van der Waals surface area contributed by atoms with Crippen molar-refractivity contribution in [2.24, 2.45) is 5.92 Å². The van der Waals surface area contributed by atoms with Crippen molar-refractivity contribution in [2.45, 2.75) is 38.2 Å². The minimum absolute atomic E-state index is 0.0236. The van der Waals surface area contributed by atoms with Gasteiger partial charge in [-0.2, -0.15) is 0 Å². The summed E-state index contributed by atoms with van der Waals surface area (Å²) in [5.74, 6) is -2.04. The van der Waals surface area contributed by atoms with Crippen LogP contribution in [-0.4, -0.2) is 67.3 Å². The second-order valence-corrected chi connectivity index (χ2v) is 9.43. The lowest BCUT2D eigenvalue weighted by Crippen LogP contribution is -2.46. The number of benzene rings is 2. The van der Waals surface area contributed by atoms with Crippen molar-refractivity contribution in [3.8, 4) is 11.5 Å². The first-order valence-corrected chi connectivity index (χ1v) is 13.0. The Morgan fingerprint density at radius 1 is 1.05 bits per heavy atom. The number of aromatic hydroxyl groups is 1. The van der Waals surface area contributed by atoms with Gasteiger partial charge in [0.05, 0.1) is 33.0 Å². The number of rotatable bonds is 10. The molecule has 0 saturated carbocycles. The average Bonchev–Trinajstić information content (AvgIpc) is 3.02. The number of esters is 1. The Kier molecular flexibility index (Phi) is 10.4. The number of cyclic esters (lactones) is 1. The maximum Gasteiger partial charge on any atom is 0.331 e. The first kappa shape index (κ1) is 29.0. The van der Waals surface area contributed by atoms with Crippen LogP contribution >= 0.6 is 0 Å². The van der Waals surface area contributed by atoms with Gasteiger partial charge < -0.3 is 34.1 Å². The summed E-state index contributed by atoms with van der Waals surface area (Å²) in [6.45, 7) is 2.19. The van der Waals surface area contributed by atoms with Gasteiger partial charge in [-0.1, -0.05) is 60.7 Å². The summed E-state index contributed by atoms with van der Waals surface area (Å²) in [5.41, 5.74) is 1.80. The normalized spacial score (nSPS) is 21.4. The van der Waals surface area contributed by atoms with Crippen molar-refractivity contribution in [3.63, 3.8) is 0 Å². The molecule has 2 heterocycles. The van der Waals surface area contributed by atoms with Gasteiger partial charge in [0.25, 0.3) is 5.91 Å². The number of aromatic nitrogens is 1. The molecule has 1 fully saturated rings. The molecule has 0 spiro atoms. The van der Waals surface area contributed by atoms with Gasteiger partial charge >= 0.3 is 5.97 Å². The second kappa shape index (κ2) is 14.4. The monoisotopic (exact) mass is 550 g/mol. The quantitative estimate of drug-likeness (QED) is 0.222. The number of methoxy groups -OCH3 is 1. The van der Waals surface area contributed by atoms with E-state index in [1.54, 1.807) is 6.92 Å². The van der Waals surface area contributed by atoms with Crippen LogP contribution in [0.5, 0.6) is 11.5 Å². The van der Waals surface area contributed by atoms with Crippen LogP contribution in [-0.2, 0) is 36.8 Å². The Balaban J connectivity index is 1.46. The summed E-state index contributed by atoms with van der Waals surface area (Å²) in [7, 11) is 1.36. The molecule has 4 atom stereocenters. The van der Waals surface area contributed by atoms with E-state index < -0.39 is 35.9 Å². The summed E-state index contributed by atoms with van der Waals surface area (Å²) in [6, 6.07) is 19.9. The third kappa shape index (κ3) is 7.78. The van der Waals surface area contributed by atoms with Gasteiger partial charge in [-0.25, -0.2) is 9.78 Å². The van der Waals surface area contributed by atoms with Crippen molar-refractivity contribution in [2.75, 3.05) is 27.1 Å². The Hall–Kier alpha value is -3.99. The first-order valence-electron chi connectivity index (χ1n) is 13.0. The number of amides is 1. The molecule has 40 heavy (non-hydrogen) atoms. The zero-order valence-electron chi connectivity index (χ0n) is 22.5. The van der Waals surface area contributed by atoms with E-state index >= 15 is 0 Å². The lowest BCUT2D eigenvalue weighted by atomic mass is 9.89. The molecule has 1 aromatic heterocycles. The van der Waals surface area contributed by atoms with Crippen LogP contribution in [0.15, 0.2) is 72.9 Å². The predicted octanol–water partition coefficient (Wildman–Crippen LogP) is 3.27. The summed E-state index contributed by atoms with van der Waals surface area (Å²) in [6.07, 6.45) is 0.859. The maximum atomic E-state index is 13.1. The highest BCUT2D eigenvalue weighted by atomic mass is 16.7. The lowest BCUT2D eigenvalue weighted by molar-refractivity contribution is -0.160. The van der Waals surface area contributed by atoms with Crippen LogP contribution in [0.25, 0.3) is 0 Å². The largest absolute Gasteiger partial charge is 0.503 e. The fraction of sp³-hybridized carbons (Fsp3) is 0.367. The van der Waals surface area contributed by atoms with E-state index in [0.717, 1.165) is 11.1 Å². The minimum atomic E-state index is -1.13. The molecule has 10 heteroatoms. The van der Waals surface area contributed by atoms with Crippen molar-refractivity contribution in [1.82, 2.24) is 10.3 Å². The van der Waals surface area contributed by atoms with Crippen LogP contribution in [0.2, 0.25) is 0 Å². The molecular weight excluding hydrogens is 516 g/mol. The van der Waals surface area contributed by atoms with Gasteiger partial charge in [-0.3, -0.25) is 4.79 Å². The van der Waals surface area contributed by atoms with E-state index in [1.807, 2.05) is 60.7 Å². The average molecular weight is 551 g/mol. The van der Waals surface area contributed by atoms with E-state index in [4.69, 9.17) is 23.7 Å². The highest BCUT2D eigenvalue weighted by Crippen LogP contribution is 2.28. The van der Waals surface area contributed by atoms with Gasteiger partial charge in [0.15, 0.2) is 23.2 Å². The maximum absolute atomic E-state index is 13.1. The van der Waals surface area contributed by atoms with Crippen LogP contribution in [0.3, 0.4) is 0 Å². The summed E-state index contributed by atoms with van der Waals surface area (Å²) >= 11 is 0. The lowest BCUT2D eigenvalue weighted by Gasteiger charge is -2.30. The first-order chi connectivity index (χ1) is 19.5. The topological polar surface area (TPSA) is 125 Å². The fourth-order valence-electron chi connectivity index (χ4n) is 4.47. The Morgan fingerprint density at radius 2 is 1.75 bits per heavy atom. The van der Waals surface area contributed by atoms with Crippen LogP contribution < -0.4 is 10.1 Å². The molecule has 0 aliphatic carbocycles. The molecule has 0 bridgehead atoms. The van der Waals surface area contributed by atoms with Crippen LogP contribution in [0, 0.1) is 5.92 Å². The molecule has 1 aliphatic rings. The fourth-order valence-corrected chi connectivity index (χ4v) is 4.47. The third-order valence-electron chi connectivity index (χ3n) is 6.65. The van der Waals surface area contributed by atoms with E-state index in [-0.39, 0.29) is 37.4 Å². The smallest absolute Gasteiger partial charge is 0.331 e. The number of pyridine rings is 1. The third-order valence-corrected chi connectivity index (χ3v) is 6.65. The molecule has 10 nitrogen and oxygen atoms in total. The molecule has 1 aliphatic heterocycles. The highest BCUT2D eigenvalue weighted by molar-refractivity contribution is 5.98. The van der Waals surface area contributed by atoms with Crippen molar-refractivity contribution >= 4 is 11.9 Å². The van der Waals surface area contributed by atoms with Gasteiger partial charge in [-0.05, 0) is 24.5 Å². The minimum Gasteiger partial charge on any atom is -0.503 e. The molecule has 0 radical (unpaired) electrons. The molecule has 212 valence electrons. The zero-order valence-corrected chi connectivity index (χ0v) is 22.5. The van der Waals surface area contributed by atoms with Crippen LogP contribution in [0.4, 0.5) is 0 Å². The number of nitrogens with zero attached hydrogens (tertiary/aromatic N) is 1. The zero-order chi connectivity index (χ0) is 28.3. The summed E-state index contributed by atoms with van der Waals surface area (Å²) in [4.78, 5) is 29.9. The molecule has 1 saturated heterocycles. The van der Waals surface area contributed by atoms with Gasteiger partial charge in [-0.15, -0.1) is 0 Å². The predicted molar refractivity (Wildman–Crippen MR) is 145 cm³/mol. The number of hydrogen-bond donors (Lipinski definition) is 2. The number of nitrogens with one attached hydrogen (secondary N) is 1. The van der Waals surface area contributed by atoms with Crippen molar-refractivity contribution in [3.05, 3.63) is 89.7 Å². The van der Waals surface area contributed by atoms with Crippen LogP contribution in [0.1, 0.15) is 28.5 Å². The Bertz CT molecular complexity index is 1240. The van der Waals surface area contributed by atoms with Gasteiger partial charge in [0, 0.05) is 18.2 Å². The van der Waals surface area contributed by atoms with Gasteiger partial charge in [0.2, 0.25) is 0 Å². The van der Waals surface area contributed by atoms with E-state index in [1.165, 1.54) is 19.4 Å². The van der Waals surface area contributed by atoms with E-state index in [0.29, 0.717) is 13.0 Å². The second-order valence-electron chi connectivity index (χ2n) is 9.43. The SMILES string of the molecule is COc1ccnc(C(=O)NC2COCC(OCOCc3ccccc3)C(Cc3ccccc3)C(C)OC2=O)c1O. The Labute approximate surface area is 233 Å². The van der Waals surface area contributed by atoms with Crippen molar-refractivity contribution in [1.29, 1.82) is 0 Å². The molecule has 4 rings (SSSR count). The highest BCUT2D eigenvalue weighted by Gasteiger charge is 2.36. The van der Waals surface area contributed by atoms with E-state index in [9.17, 15) is 14.7 Å². The Morgan fingerprint density at radius 3 is 2.45 bits per heavy atom. The van der Waals surface area contributed by atoms with E-state index in [2.05, 4.69) is 10.3 Å². The number of carbonyl (C=O) groups is 2. The molecule has 2 aromatic carbocycles.